The second kappa shape index (κ2) is 9.91. The number of para-hydroxylation sites is 1. The molecule has 3 aromatic rings. The second-order valence-electron chi connectivity index (χ2n) is 8.43. The van der Waals surface area contributed by atoms with Gasteiger partial charge in [0.05, 0.1) is 13.2 Å². The molecule has 9 heteroatoms. The molecule has 1 amide bonds. The van der Waals surface area contributed by atoms with E-state index in [4.69, 9.17) is 9.15 Å². The number of piperidine rings is 1. The summed E-state index contributed by atoms with van der Waals surface area (Å²) in [6.45, 7) is 8.34. The van der Waals surface area contributed by atoms with Crippen LogP contribution < -0.4 is 0 Å². The van der Waals surface area contributed by atoms with Gasteiger partial charge in [-0.2, -0.15) is 0 Å². The highest BCUT2D eigenvalue weighted by Crippen LogP contribution is 2.34. The maximum absolute atomic E-state index is 13.5. The molecule has 0 spiro atoms. The molecule has 0 radical (unpaired) electrons. The van der Waals surface area contributed by atoms with Crippen molar-refractivity contribution < 1.29 is 13.9 Å². The van der Waals surface area contributed by atoms with E-state index in [1.54, 1.807) is 23.1 Å². The van der Waals surface area contributed by atoms with Crippen LogP contribution >= 0.6 is 23.1 Å². The molecule has 0 bridgehead atoms. The maximum Gasteiger partial charge on any atom is 0.289 e. The predicted molar refractivity (Wildman–Crippen MR) is 126 cm³/mol. The highest BCUT2D eigenvalue weighted by atomic mass is 32.2. The number of carbonyl (C=O) groups excluding carboxylic acids is 1. The standard InChI is InChI=1S/C23H28N4O3S2/c1-16-24-25-23(32-16)31-15-19-18-4-2-3-5-20(18)30-21(19)22(28)27-8-6-17(7-9-27)14-26-10-12-29-13-11-26/h2-5,17H,6-15H2,1H3. The van der Waals surface area contributed by atoms with Crippen LogP contribution in [-0.2, 0) is 10.5 Å². The number of carbonyl (C=O) groups is 1. The number of rotatable bonds is 6. The van der Waals surface area contributed by atoms with Crippen molar-refractivity contribution in [3.63, 3.8) is 0 Å². The molecule has 7 nitrogen and oxygen atoms in total. The lowest BCUT2D eigenvalue weighted by molar-refractivity contribution is 0.0240. The van der Waals surface area contributed by atoms with Crippen LogP contribution in [0.5, 0.6) is 0 Å². The quantitative estimate of drug-likeness (QED) is 0.501. The molecule has 2 aliphatic heterocycles. The zero-order chi connectivity index (χ0) is 21.9. The predicted octanol–water partition coefficient (Wildman–Crippen LogP) is 4.07. The average Bonchev–Trinajstić information content (AvgIpc) is 3.41. The molecule has 0 N–H and O–H groups in total. The van der Waals surface area contributed by atoms with Gasteiger partial charge in [-0.3, -0.25) is 9.69 Å². The number of ether oxygens (including phenoxy) is 1. The molecule has 170 valence electrons. The van der Waals surface area contributed by atoms with E-state index in [2.05, 4.69) is 15.1 Å². The van der Waals surface area contributed by atoms with Gasteiger partial charge in [0.25, 0.3) is 5.91 Å². The Kier molecular flexibility index (Phi) is 6.77. The van der Waals surface area contributed by atoms with Crippen molar-refractivity contribution in [1.82, 2.24) is 20.0 Å². The first-order valence-corrected chi connectivity index (χ1v) is 13.0. The number of hydrogen-bond donors (Lipinski definition) is 0. The van der Waals surface area contributed by atoms with Gasteiger partial charge in [0.2, 0.25) is 0 Å². The van der Waals surface area contributed by atoms with E-state index in [-0.39, 0.29) is 5.91 Å². The first-order chi connectivity index (χ1) is 15.7. The number of hydrogen-bond acceptors (Lipinski definition) is 8. The zero-order valence-electron chi connectivity index (χ0n) is 18.3. The molecule has 0 atom stereocenters. The van der Waals surface area contributed by atoms with Gasteiger partial charge in [0, 0.05) is 49.4 Å². The molecule has 2 saturated heterocycles. The number of furan rings is 1. The summed E-state index contributed by atoms with van der Waals surface area (Å²) in [5, 5.41) is 10.3. The van der Waals surface area contributed by atoms with Crippen LogP contribution in [0.3, 0.4) is 0 Å². The summed E-state index contributed by atoms with van der Waals surface area (Å²) < 4.78 is 12.5. The highest BCUT2D eigenvalue weighted by Gasteiger charge is 2.29. The largest absolute Gasteiger partial charge is 0.451 e. The summed E-state index contributed by atoms with van der Waals surface area (Å²) >= 11 is 3.18. The summed E-state index contributed by atoms with van der Waals surface area (Å²) in [5.74, 6) is 1.77. The Morgan fingerprint density at radius 3 is 2.69 bits per heavy atom. The lowest BCUT2D eigenvalue weighted by Crippen LogP contribution is -2.44. The van der Waals surface area contributed by atoms with Crippen molar-refractivity contribution in [2.45, 2.75) is 29.9 Å². The van der Waals surface area contributed by atoms with Crippen LogP contribution in [0.25, 0.3) is 11.0 Å². The number of morpholine rings is 1. The van der Waals surface area contributed by atoms with E-state index in [0.717, 1.165) is 84.7 Å². The molecule has 2 aromatic heterocycles. The van der Waals surface area contributed by atoms with E-state index in [1.165, 1.54) is 0 Å². The van der Waals surface area contributed by atoms with Gasteiger partial charge in [-0.25, -0.2) is 0 Å². The van der Waals surface area contributed by atoms with Gasteiger partial charge in [-0.15, -0.1) is 10.2 Å². The van der Waals surface area contributed by atoms with Crippen LogP contribution in [0.2, 0.25) is 0 Å². The molecule has 2 aliphatic rings. The monoisotopic (exact) mass is 472 g/mol. The lowest BCUT2D eigenvalue weighted by atomic mass is 9.95. The van der Waals surface area contributed by atoms with Crippen LogP contribution in [0.4, 0.5) is 0 Å². The van der Waals surface area contributed by atoms with Gasteiger partial charge in [-0.05, 0) is 31.7 Å². The topological polar surface area (TPSA) is 71.7 Å². The number of nitrogens with zero attached hydrogens (tertiary/aromatic N) is 4. The number of thioether (sulfide) groups is 1. The summed E-state index contributed by atoms with van der Waals surface area (Å²) in [6, 6.07) is 7.91. The minimum absolute atomic E-state index is 0.00932. The van der Waals surface area contributed by atoms with Crippen molar-refractivity contribution >= 4 is 40.0 Å². The fourth-order valence-electron chi connectivity index (χ4n) is 4.50. The normalized spacial score (nSPS) is 18.5. The highest BCUT2D eigenvalue weighted by molar-refractivity contribution is 8.00. The van der Waals surface area contributed by atoms with Gasteiger partial charge in [0.1, 0.15) is 10.6 Å². The molecule has 2 fully saturated rings. The van der Waals surface area contributed by atoms with E-state index < -0.39 is 0 Å². The van der Waals surface area contributed by atoms with Crippen molar-refractivity contribution in [3.05, 3.63) is 40.6 Å². The number of likely N-dealkylation sites (tertiary alicyclic amines) is 1. The summed E-state index contributed by atoms with van der Waals surface area (Å²) in [6.07, 6.45) is 2.08. The molecule has 1 aromatic carbocycles. The first kappa shape index (κ1) is 21.9. The Bertz CT molecular complexity index is 1070. The van der Waals surface area contributed by atoms with E-state index >= 15 is 0 Å². The number of fused-ring (bicyclic) bond motifs is 1. The Morgan fingerprint density at radius 1 is 1.16 bits per heavy atom. The van der Waals surface area contributed by atoms with Crippen molar-refractivity contribution in [2.24, 2.45) is 5.92 Å². The Morgan fingerprint density at radius 2 is 1.94 bits per heavy atom. The molecular formula is C23H28N4O3S2. The van der Waals surface area contributed by atoms with Crippen LogP contribution in [-0.4, -0.2) is 71.8 Å². The van der Waals surface area contributed by atoms with Crippen LogP contribution in [0.1, 0.15) is 34.0 Å². The average molecular weight is 473 g/mol. The molecule has 0 saturated carbocycles. The summed E-state index contributed by atoms with van der Waals surface area (Å²) in [4.78, 5) is 17.9. The SMILES string of the molecule is Cc1nnc(SCc2c(C(=O)N3CCC(CN4CCOCC4)CC3)oc3ccccc23)s1. The van der Waals surface area contributed by atoms with E-state index in [1.807, 2.05) is 36.1 Å². The van der Waals surface area contributed by atoms with Crippen molar-refractivity contribution in [3.8, 4) is 0 Å². The number of amides is 1. The number of aromatic nitrogens is 2. The molecule has 5 rings (SSSR count). The van der Waals surface area contributed by atoms with Crippen molar-refractivity contribution in [1.29, 1.82) is 0 Å². The van der Waals surface area contributed by atoms with Crippen LogP contribution in [0, 0.1) is 12.8 Å². The van der Waals surface area contributed by atoms with Crippen molar-refractivity contribution in [2.75, 3.05) is 45.9 Å². The number of benzene rings is 1. The minimum atomic E-state index is 0.00932. The minimum Gasteiger partial charge on any atom is -0.451 e. The summed E-state index contributed by atoms with van der Waals surface area (Å²) in [7, 11) is 0. The lowest BCUT2D eigenvalue weighted by Gasteiger charge is -2.35. The van der Waals surface area contributed by atoms with Gasteiger partial charge < -0.3 is 14.1 Å². The second-order valence-corrected chi connectivity index (χ2v) is 10.8. The molecule has 0 unspecified atom stereocenters. The first-order valence-electron chi connectivity index (χ1n) is 11.2. The van der Waals surface area contributed by atoms with Crippen LogP contribution in [0.15, 0.2) is 33.0 Å². The third-order valence-corrected chi connectivity index (χ3v) is 8.26. The zero-order valence-corrected chi connectivity index (χ0v) is 19.9. The third-order valence-electron chi connectivity index (χ3n) is 6.26. The Balaban J connectivity index is 1.28. The summed E-state index contributed by atoms with van der Waals surface area (Å²) in [5.41, 5.74) is 1.72. The fourth-order valence-corrected chi connectivity index (χ4v) is 6.34. The van der Waals surface area contributed by atoms with Gasteiger partial charge in [0.15, 0.2) is 10.1 Å². The Hall–Kier alpha value is -1.94. The smallest absolute Gasteiger partial charge is 0.289 e. The third kappa shape index (κ3) is 4.85. The fraction of sp³-hybridized carbons (Fsp3) is 0.522. The van der Waals surface area contributed by atoms with Gasteiger partial charge in [-0.1, -0.05) is 41.3 Å². The molecule has 32 heavy (non-hydrogen) atoms. The molecular weight excluding hydrogens is 444 g/mol. The molecule has 4 heterocycles. The Labute approximate surface area is 196 Å². The molecule has 0 aliphatic carbocycles. The van der Waals surface area contributed by atoms with Gasteiger partial charge >= 0.3 is 0 Å². The van der Waals surface area contributed by atoms with E-state index in [9.17, 15) is 4.79 Å². The number of aryl methyl sites for hydroxylation is 1. The van der Waals surface area contributed by atoms with E-state index in [0.29, 0.717) is 17.4 Å². The maximum atomic E-state index is 13.5.